The fourth-order valence-corrected chi connectivity index (χ4v) is 5.16. The predicted octanol–water partition coefficient (Wildman–Crippen LogP) is 3.23. The molecule has 1 spiro atoms. The molecule has 0 radical (unpaired) electrons. The summed E-state index contributed by atoms with van der Waals surface area (Å²) in [5.41, 5.74) is 0.738. The number of nitrogens with zero attached hydrogens (tertiary/aromatic N) is 2. The Balaban J connectivity index is 1.44. The molecule has 1 atom stereocenters. The van der Waals surface area contributed by atoms with Gasteiger partial charge in [-0.3, -0.25) is 9.59 Å². The van der Waals surface area contributed by atoms with Crippen LogP contribution in [0, 0.1) is 11.3 Å². The van der Waals surface area contributed by atoms with Crippen molar-refractivity contribution in [2.24, 2.45) is 11.3 Å². The van der Waals surface area contributed by atoms with Gasteiger partial charge in [0.15, 0.2) is 0 Å². The number of piperidine rings is 1. The van der Waals surface area contributed by atoms with Gasteiger partial charge in [-0.25, -0.2) is 0 Å². The first-order chi connectivity index (χ1) is 13.1. The summed E-state index contributed by atoms with van der Waals surface area (Å²) in [5, 5.41) is 0. The zero-order valence-electron chi connectivity index (χ0n) is 16.3. The second-order valence-corrected chi connectivity index (χ2v) is 8.45. The normalized spacial score (nSPS) is 26.2. The van der Waals surface area contributed by atoms with Crippen LogP contribution in [0.5, 0.6) is 5.75 Å². The monoisotopic (exact) mass is 370 g/mol. The SMILES string of the molecule is COc1cccc(CN2CCC[C@]3(CCN(C(=O)C4CCCC4)C3)C2=O)c1. The largest absolute Gasteiger partial charge is 0.497 e. The molecule has 0 bridgehead atoms. The van der Waals surface area contributed by atoms with Crippen LogP contribution in [0.2, 0.25) is 0 Å². The van der Waals surface area contributed by atoms with Crippen LogP contribution in [-0.2, 0) is 16.1 Å². The van der Waals surface area contributed by atoms with E-state index in [0.29, 0.717) is 19.0 Å². The molecule has 0 unspecified atom stereocenters. The molecule has 5 heteroatoms. The minimum Gasteiger partial charge on any atom is -0.497 e. The van der Waals surface area contributed by atoms with E-state index < -0.39 is 0 Å². The number of carbonyl (C=O) groups excluding carboxylic acids is 2. The fraction of sp³-hybridized carbons (Fsp3) is 0.636. The van der Waals surface area contributed by atoms with E-state index in [-0.39, 0.29) is 17.2 Å². The smallest absolute Gasteiger partial charge is 0.230 e. The lowest BCUT2D eigenvalue weighted by Crippen LogP contribution is -2.50. The number of benzene rings is 1. The van der Waals surface area contributed by atoms with Gasteiger partial charge in [-0.1, -0.05) is 25.0 Å². The van der Waals surface area contributed by atoms with Crippen LogP contribution in [0.1, 0.15) is 50.5 Å². The molecule has 1 aliphatic carbocycles. The Morgan fingerprint density at radius 2 is 2.00 bits per heavy atom. The van der Waals surface area contributed by atoms with Crippen molar-refractivity contribution in [2.75, 3.05) is 26.7 Å². The van der Waals surface area contributed by atoms with Gasteiger partial charge in [0.1, 0.15) is 5.75 Å². The van der Waals surface area contributed by atoms with E-state index in [4.69, 9.17) is 4.74 Å². The van der Waals surface area contributed by atoms with Gasteiger partial charge in [0.2, 0.25) is 11.8 Å². The summed E-state index contributed by atoms with van der Waals surface area (Å²) in [7, 11) is 1.66. The number of amides is 2. The lowest BCUT2D eigenvalue weighted by atomic mass is 9.78. The maximum Gasteiger partial charge on any atom is 0.230 e. The van der Waals surface area contributed by atoms with Crippen LogP contribution in [0.15, 0.2) is 24.3 Å². The fourth-order valence-electron chi connectivity index (χ4n) is 5.16. The zero-order chi connectivity index (χ0) is 18.9. The second-order valence-electron chi connectivity index (χ2n) is 8.45. The van der Waals surface area contributed by atoms with Gasteiger partial charge in [-0.2, -0.15) is 0 Å². The van der Waals surface area contributed by atoms with E-state index in [1.807, 2.05) is 34.1 Å². The van der Waals surface area contributed by atoms with Crippen molar-refractivity contribution in [3.05, 3.63) is 29.8 Å². The minimum atomic E-state index is -0.356. The molecule has 2 heterocycles. The first-order valence-corrected chi connectivity index (χ1v) is 10.3. The van der Waals surface area contributed by atoms with Crippen molar-refractivity contribution in [1.82, 2.24) is 9.80 Å². The molecule has 0 aromatic heterocycles. The van der Waals surface area contributed by atoms with E-state index in [1.165, 1.54) is 12.8 Å². The topological polar surface area (TPSA) is 49.9 Å². The van der Waals surface area contributed by atoms with E-state index in [1.54, 1.807) is 7.11 Å². The van der Waals surface area contributed by atoms with E-state index >= 15 is 0 Å². The highest BCUT2D eigenvalue weighted by molar-refractivity contribution is 5.86. The summed E-state index contributed by atoms with van der Waals surface area (Å²) in [6.45, 7) is 2.78. The molecule has 2 saturated heterocycles. The Kier molecular flexibility index (Phi) is 5.11. The van der Waals surface area contributed by atoms with Gasteiger partial charge in [0.05, 0.1) is 12.5 Å². The Morgan fingerprint density at radius 1 is 1.19 bits per heavy atom. The molecule has 2 aliphatic heterocycles. The number of hydrogen-bond acceptors (Lipinski definition) is 3. The standard InChI is InChI=1S/C22H30N2O3/c1-27-19-9-4-6-17(14-19)15-23-12-5-10-22(21(23)26)11-13-24(16-22)20(25)18-7-2-3-8-18/h4,6,9,14,18H,2-3,5,7-8,10-13,15-16H2,1H3/t22-/m1/s1. The minimum absolute atomic E-state index is 0.201. The summed E-state index contributed by atoms with van der Waals surface area (Å²) in [5.74, 6) is 1.55. The van der Waals surface area contributed by atoms with E-state index in [9.17, 15) is 9.59 Å². The summed E-state index contributed by atoms with van der Waals surface area (Å²) < 4.78 is 5.31. The van der Waals surface area contributed by atoms with E-state index in [2.05, 4.69) is 0 Å². The summed E-state index contributed by atoms with van der Waals surface area (Å²) in [4.78, 5) is 30.1. The molecule has 27 heavy (non-hydrogen) atoms. The molecule has 146 valence electrons. The molecule has 2 amide bonds. The molecule has 1 aromatic rings. The molecule has 4 rings (SSSR count). The van der Waals surface area contributed by atoms with Crippen LogP contribution in [0.25, 0.3) is 0 Å². The number of likely N-dealkylation sites (tertiary alicyclic amines) is 2. The van der Waals surface area contributed by atoms with Gasteiger partial charge < -0.3 is 14.5 Å². The molecular formula is C22H30N2O3. The lowest BCUT2D eigenvalue weighted by molar-refractivity contribution is -0.147. The maximum absolute atomic E-state index is 13.4. The third-order valence-corrected chi connectivity index (χ3v) is 6.70. The highest BCUT2D eigenvalue weighted by atomic mass is 16.5. The maximum atomic E-state index is 13.4. The van der Waals surface area contributed by atoms with E-state index in [0.717, 1.165) is 56.5 Å². The third-order valence-electron chi connectivity index (χ3n) is 6.70. The quantitative estimate of drug-likeness (QED) is 0.818. The van der Waals surface area contributed by atoms with Crippen molar-refractivity contribution in [1.29, 1.82) is 0 Å². The Hall–Kier alpha value is -2.04. The van der Waals surface area contributed by atoms with Crippen molar-refractivity contribution in [3.8, 4) is 5.75 Å². The molecule has 1 saturated carbocycles. The molecular weight excluding hydrogens is 340 g/mol. The van der Waals surface area contributed by atoms with Crippen LogP contribution in [0.4, 0.5) is 0 Å². The average Bonchev–Trinajstić information content (AvgIpc) is 3.36. The summed E-state index contributed by atoms with van der Waals surface area (Å²) >= 11 is 0. The van der Waals surface area contributed by atoms with Crippen molar-refractivity contribution in [2.45, 2.75) is 51.5 Å². The number of rotatable bonds is 4. The van der Waals surface area contributed by atoms with Gasteiger partial charge >= 0.3 is 0 Å². The predicted molar refractivity (Wildman–Crippen MR) is 103 cm³/mol. The Labute approximate surface area is 161 Å². The number of carbonyl (C=O) groups is 2. The first kappa shape index (κ1) is 18.3. The summed E-state index contributed by atoms with van der Waals surface area (Å²) in [6.07, 6.45) is 7.14. The van der Waals surface area contributed by atoms with Crippen LogP contribution >= 0.6 is 0 Å². The Morgan fingerprint density at radius 3 is 2.78 bits per heavy atom. The molecule has 3 aliphatic rings. The van der Waals surface area contributed by atoms with Crippen molar-refractivity contribution >= 4 is 11.8 Å². The number of hydrogen-bond donors (Lipinski definition) is 0. The molecule has 3 fully saturated rings. The Bertz CT molecular complexity index is 713. The summed E-state index contributed by atoms with van der Waals surface area (Å²) in [6, 6.07) is 7.93. The highest BCUT2D eigenvalue weighted by Crippen LogP contribution is 2.41. The average molecular weight is 370 g/mol. The van der Waals surface area contributed by atoms with Gasteiger partial charge in [-0.05, 0) is 49.8 Å². The van der Waals surface area contributed by atoms with Gasteiger partial charge in [0.25, 0.3) is 0 Å². The molecule has 0 N–H and O–H groups in total. The molecule has 5 nitrogen and oxygen atoms in total. The zero-order valence-corrected chi connectivity index (χ0v) is 16.3. The van der Waals surface area contributed by atoms with Crippen molar-refractivity contribution < 1.29 is 14.3 Å². The van der Waals surface area contributed by atoms with Crippen LogP contribution in [-0.4, -0.2) is 48.4 Å². The van der Waals surface area contributed by atoms with Crippen molar-refractivity contribution in [3.63, 3.8) is 0 Å². The van der Waals surface area contributed by atoms with Crippen LogP contribution < -0.4 is 4.74 Å². The third kappa shape index (κ3) is 3.56. The number of methoxy groups -OCH3 is 1. The second kappa shape index (κ2) is 7.53. The first-order valence-electron chi connectivity index (χ1n) is 10.3. The lowest BCUT2D eigenvalue weighted by Gasteiger charge is -2.39. The number of ether oxygens (including phenoxy) is 1. The van der Waals surface area contributed by atoms with Gasteiger partial charge in [-0.15, -0.1) is 0 Å². The highest BCUT2D eigenvalue weighted by Gasteiger charge is 2.49. The van der Waals surface area contributed by atoms with Crippen LogP contribution in [0.3, 0.4) is 0 Å². The molecule has 1 aromatic carbocycles. The van der Waals surface area contributed by atoms with Gasteiger partial charge in [0, 0.05) is 32.1 Å².